The van der Waals surface area contributed by atoms with E-state index in [1.165, 1.54) is 26.4 Å². The van der Waals surface area contributed by atoms with Crippen LogP contribution in [0.1, 0.15) is 12.0 Å². The lowest BCUT2D eigenvalue weighted by molar-refractivity contribution is -0.136. The number of carboxylic acids is 1. The van der Waals surface area contributed by atoms with Gasteiger partial charge in [-0.2, -0.15) is 0 Å². The summed E-state index contributed by atoms with van der Waals surface area (Å²) in [5, 5.41) is 8.57. The Kier molecular flexibility index (Phi) is 4.10. The number of aliphatic carboxylic acids is 1. The van der Waals surface area contributed by atoms with E-state index in [1.54, 1.807) is 0 Å². The highest BCUT2D eigenvalue weighted by molar-refractivity contribution is 5.67. The van der Waals surface area contributed by atoms with Gasteiger partial charge >= 0.3 is 5.97 Å². The first-order valence-electron chi connectivity index (χ1n) is 4.71. The van der Waals surface area contributed by atoms with Gasteiger partial charge in [0.25, 0.3) is 0 Å². The van der Waals surface area contributed by atoms with Crippen LogP contribution in [0.2, 0.25) is 0 Å². The lowest BCUT2D eigenvalue weighted by Crippen LogP contribution is -2.02. The van der Waals surface area contributed by atoms with E-state index in [1.807, 2.05) is 0 Å². The molecule has 0 aliphatic carbocycles. The molecule has 0 saturated carbocycles. The number of halogens is 1. The summed E-state index contributed by atoms with van der Waals surface area (Å²) >= 11 is 0. The summed E-state index contributed by atoms with van der Waals surface area (Å²) in [7, 11) is 2.73. The average Bonchev–Trinajstić information content (AvgIpc) is 2.26. The Morgan fingerprint density at radius 2 is 1.94 bits per heavy atom. The highest BCUT2D eigenvalue weighted by atomic mass is 19.1. The second-order valence-electron chi connectivity index (χ2n) is 3.17. The number of methoxy groups -OCH3 is 2. The number of benzene rings is 1. The van der Waals surface area contributed by atoms with Crippen molar-refractivity contribution in [2.45, 2.75) is 12.8 Å². The third-order valence-electron chi connectivity index (χ3n) is 2.16. The van der Waals surface area contributed by atoms with E-state index in [0.29, 0.717) is 5.56 Å². The van der Waals surface area contributed by atoms with Crippen molar-refractivity contribution in [1.29, 1.82) is 0 Å². The highest BCUT2D eigenvalue weighted by Gasteiger charge is 2.15. The van der Waals surface area contributed by atoms with Crippen LogP contribution in [0, 0.1) is 5.82 Å². The summed E-state index contributed by atoms with van der Waals surface area (Å²) in [5.41, 5.74) is 0.614. The number of ether oxygens (including phenoxy) is 2. The lowest BCUT2D eigenvalue weighted by Gasteiger charge is -2.12. The normalized spacial score (nSPS) is 9.94. The van der Waals surface area contributed by atoms with Crippen LogP contribution in [0.15, 0.2) is 12.1 Å². The van der Waals surface area contributed by atoms with Crippen LogP contribution in [0.4, 0.5) is 4.39 Å². The molecule has 0 heterocycles. The molecule has 88 valence electrons. The molecule has 1 N–H and O–H groups in total. The Hall–Kier alpha value is -1.78. The largest absolute Gasteiger partial charge is 0.492 e. The van der Waals surface area contributed by atoms with Crippen molar-refractivity contribution in [2.24, 2.45) is 0 Å². The molecule has 0 bridgehead atoms. The van der Waals surface area contributed by atoms with Crippen molar-refractivity contribution in [3.63, 3.8) is 0 Å². The Bertz CT molecular complexity index is 390. The fourth-order valence-corrected chi connectivity index (χ4v) is 1.43. The second-order valence-corrected chi connectivity index (χ2v) is 3.17. The quantitative estimate of drug-likeness (QED) is 0.835. The van der Waals surface area contributed by atoms with Crippen molar-refractivity contribution in [3.05, 3.63) is 23.5 Å². The van der Waals surface area contributed by atoms with Gasteiger partial charge in [0.15, 0.2) is 17.3 Å². The van der Waals surface area contributed by atoms with Gasteiger partial charge in [0.05, 0.1) is 14.2 Å². The number of rotatable bonds is 5. The minimum absolute atomic E-state index is 0.00499. The lowest BCUT2D eigenvalue weighted by atomic mass is 10.1. The molecule has 0 unspecified atom stereocenters. The zero-order valence-corrected chi connectivity index (χ0v) is 9.12. The molecule has 1 aromatic carbocycles. The van der Waals surface area contributed by atoms with Gasteiger partial charge in [-0.15, -0.1) is 0 Å². The van der Waals surface area contributed by atoms with Crippen LogP contribution in [-0.4, -0.2) is 25.3 Å². The Labute approximate surface area is 92.6 Å². The van der Waals surface area contributed by atoms with Crippen LogP contribution >= 0.6 is 0 Å². The number of hydrogen-bond acceptors (Lipinski definition) is 3. The summed E-state index contributed by atoms with van der Waals surface area (Å²) in [6.45, 7) is 0. The molecule has 0 radical (unpaired) electrons. The average molecular weight is 228 g/mol. The van der Waals surface area contributed by atoms with E-state index in [9.17, 15) is 9.18 Å². The fourth-order valence-electron chi connectivity index (χ4n) is 1.43. The monoisotopic (exact) mass is 228 g/mol. The summed E-state index contributed by atoms with van der Waals surface area (Å²) in [6, 6.07) is 2.73. The topological polar surface area (TPSA) is 55.8 Å². The fraction of sp³-hybridized carbons (Fsp3) is 0.364. The van der Waals surface area contributed by atoms with Crippen molar-refractivity contribution < 1.29 is 23.8 Å². The first kappa shape index (κ1) is 12.3. The smallest absolute Gasteiger partial charge is 0.303 e. The van der Waals surface area contributed by atoms with Crippen molar-refractivity contribution in [2.75, 3.05) is 14.2 Å². The van der Waals surface area contributed by atoms with Crippen LogP contribution in [0.5, 0.6) is 11.5 Å². The zero-order valence-electron chi connectivity index (χ0n) is 9.12. The Morgan fingerprint density at radius 1 is 1.31 bits per heavy atom. The van der Waals surface area contributed by atoms with Crippen molar-refractivity contribution >= 4 is 5.97 Å². The molecule has 1 rings (SSSR count). The van der Waals surface area contributed by atoms with Crippen LogP contribution < -0.4 is 9.47 Å². The van der Waals surface area contributed by atoms with E-state index in [4.69, 9.17) is 14.6 Å². The van der Waals surface area contributed by atoms with E-state index >= 15 is 0 Å². The Balaban J connectivity index is 3.04. The number of hydrogen-bond donors (Lipinski definition) is 1. The molecular weight excluding hydrogens is 215 g/mol. The third kappa shape index (κ3) is 2.62. The van der Waals surface area contributed by atoms with Gasteiger partial charge in [-0.05, 0) is 18.1 Å². The van der Waals surface area contributed by atoms with Gasteiger partial charge in [-0.3, -0.25) is 4.79 Å². The molecule has 5 heteroatoms. The minimum atomic E-state index is -0.912. The van der Waals surface area contributed by atoms with Gasteiger partial charge in [0.1, 0.15) is 0 Å². The van der Waals surface area contributed by atoms with Gasteiger partial charge in [0.2, 0.25) is 0 Å². The molecular formula is C11H13FO4. The van der Waals surface area contributed by atoms with Gasteiger partial charge in [-0.1, -0.05) is 6.07 Å². The first-order chi connectivity index (χ1) is 7.60. The second kappa shape index (κ2) is 5.34. The maximum atomic E-state index is 13.3. The van der Waals surface area contributed by atoms with Crippen LogP contribution in [0.3, 0.4) is 0 Å². The summed E-state index contributed by atoms with van der Waals surface area (Å²) in [5.74, 6) is -1.18. The van der Waals surface area contributed by atoms with Crippen molar-refractivity contribution in [3.8, 4) is 11.5 Å². The van der Waals surface area contributed by atoms with Gasteiger partial charge in [0, 0.05) is 6.42 Å². The van der Waals surface area contributed by atoms with Gasteiger partial charge < -0.3 is 14.6 Å². The number of aryl methyl sites for hydroxylation is 1. The maximum Gasteiger partial charge on any atom is 0.303 e. The van der Waals surface area contributed by atoms with Crippen molar-refractivity contribution in [1.82, 2.24) is 0 Å². The molecule has 4 nitrogen and oxygen atoms in total. The first-order valence-corrected chi connectivity index (χ1v) is 4.71. The molecule has 16 heavy (non-hydrogen) atoms. The predicted molar refractivity (Wildman–Crippen MR) is 55.5 cm³/mol. The maximum absolute atomic E-state index is 13.3. The zero-order chi connectivity index (χ0) is 12.1. The van der Waals surface area contributed by atoms with Gasteiger partial charge in [-0.25, -0.2) is 4.39 Å². The molecule has 0 atom stereocenters. The molecule has 0 spiro atoms. The standard InChI is InChI=1S/C11H13FO4/c1-15-10-7(4-6-9(13)14)3-5-8(12)11(10)16-2/h3,5H,4,6H2,1-2H3,(H,13,14). The van der Waals surface area contributed by atoms with Crippen LogP contribution in [0.25, 0.3) is 0 Å². The summed E-state index contributed by atoms with van der Waals surface area (Å²) < 4.78 is 23.2. The molecule has 0 aromatic heterocycles. The molecule has 0 aliphatic rings. The third-order valence-corrected chi connectivity index (χ3v) is 2.16. The number of carbonyl (C=O) groups is 1. The Morgan fingerprint density at radius 3 is 2.44 bits per heavy atom. The minimum Gasteiger partial charge on any atom is -0.492 e. The van der Waals surface area contributed by atoms with E-state index < -0.39 is 11.8 Å². The SMILES string of the molecule is COc1c(F)ccc(CCC(=O)O)c1OC. The van der Waals surface area contributed by atoms with E-state index in [-0.39, 0.29) is 24.3 Å². The predicted octanol–water partition coefficient (Wildman–Crippen LogP) is 1.86. The number of carboxylic acid groups (broad SMARTS) is 1. The molecule has 0 saturated heterocycles. The molecule has 0 amide bonds. The summed E-state index contributed by atoms with van der Waals surface area (Å²) in [6.07, 6.45) is 0.236. The molecule has 0 fully saturated rings. The molecule has 0 aliphatic heterocycles. The van der Waals surface area contributed by atoms with E-state index in [0.717, 1.165) is 0 Å². The summed E-state index contributed by atoms with van der Waals surface area (Å²) in [4.78, 5) is 10.4. The molecule has 1 aromatic rings. The van der Waals surface area contributed by atoms with Crippen LogP contribution in [-0.2, 0) is 11.2 Å². The van der Waals surface area contributed by atoms with E-state index in [2.05, 4.69) is 0 Å². The highest BCUT2D eigenvalue weighted by Crippen LogP contribution is 2.34.